The molecule has 0 aliphatic heterocycles. The van der Waals surface area contributed by atoms with Crippen molar-refractivity contribution in [3.63, 3.8) is 0 Å². The largest absolute Gasteiger partial charge is 0.379 e. The highest BCUT2D eigenvalue weighted by Crippen LogP contribution is 1.85. The van der Waals surface area contributed by atoms with E-state index in [2.05, 4.69) is 11.2 Å². The molecular weight excluding hydrogens is 222 g/mol. The lowest BCUT2D eigenvalue weighted by atomic mass is 10.3. The van der Waals surface area contributed by atoms with Gasteiger partial charge in [-0.15, -0.1) is 6.42 Å². The van der Waals surface area contributed by atoms with Crippen molar-refractivity contribution in [2.45, 2.75) is 19.8 Å². The number of amides is 1. The lowest BCUT2D eigenvalue weighted by molar-refractivity contribution is -0.120. The molecule has 1 N–H and O–H groups in total. The summed E-state index contributed by atoms with van der Waals surface area (Å²) in [6, 6.07) is 0. The van der Waals surface area contributed by atoms with E-state index in [1.807, 2.05) is 0 Å². The van der Waals surface area contributed by atoms with E-state index in [-0.39, 0.29) is 18.1 Å². The molecule has 0 aliphatic rings. The molecule has 0 rings (SSSR count). The van der Waals surface area contributed by atoms with Crippen LogP contribution < -0.4 is 5.32 Å². The molecule has 0 atom stereocenters. The Hall–Kier alpha value is -1.38. The van der Waals surface area contributed by atoms with E-state index < -0.39 is 0 Å². The molecule has 0 bridgehead atoms. The van der Waals surface area contributed by atoms with Gasteiger partial charge in [-0.25, -0.2) is 0 Å². The predicted molar refractivity (Wildman–Crippen MR) is 63.4 cm³/mol. The van der Waals surface area contributed by atoms with Gasteiger partial charge in [0.25, 0.3) is 0 Å². The number of carbonyl (C=O) groups is 2. The third-order valence-corrected chi connectivity index (χ3v) is 1.80. The van der Waals surface area contributed by atoms with Gasteiger partial charge in [0, 0.05) is 13.0 Å². The van der Waals surface area contributed by atoms with E-state index in [9.17, 15) is 9.59 Å². The van der Waals surface area contributed by atoms with Crippen LogP contribution >= 0.6 is 0 Å². The lowest BCUT2D eigenvalue weighted by Gasteiger charge is -2.05. The summed E-state index contributed by atoms with van der Waals surface area (Å²) >= 11 is 0. The third kappa shape index (κ3) is 12.6. The summed E-state index contributed by atoms with van der Waals surface area (Å²) in [6.45, 7) is 3.71. The first-order chi connectivity index (χ1) is 8.16. The molecule has 0 heterocycles. The molecule has 0 saturated carbocycles. The van der Waals surface area contributed by atoms with Gasteiger partial charge in [-0.3, -0.25) is 9.59 Å². The fourth-order valence-electron chi connectivity index (χ4n) is 0.956. The van der Waals surface area contributed by atoms with Crippen molar-refractivity contribution >= 4 is 11.7 Å². The molecule has 0 aromatic rings. The molecular formula is C12H19NO4. The van der Waals surface area contributed by atoms with Crippen molar-refractivity contribution in [2.75, 3.05) is 33.0 Å². The van der Waals surface area contributed by atoms with Crippen molar-refractivity contribution in [3.8, 4) is 12.3 Å². The van der Waals surface area contributed by atoms with Crippen LogP contribution in [-0.2, 0) is 19.1 Å². The summed E-state index contributed by atoms with van der Waals surface area (Å²) in [5, 5.41) is 2.61. The van der Waals surface area contributed by atoms with Crippen LogP contribution in [0.1, 0.15) is 19.8 Å². The average molecular weight is 241 g/mol. The van der Waals surface area contributed by atoms with Gasteiger partial charge in [-0.1, -0.05) is 5.92 Å². The van der Waals surface area contributed by atoms with E-state index in [0.717, 1.165) is 0 Å². The molecule has 0 fully saturated rings. The van der Waals surface area contributed by atoms with Crippen molar-refractivity contribution in [1.82, 2.24) is 5.32 Å². The summed E-state index contributed by atoms with van der Waals surface area (Å²) in [4.78, 5) is 21.5. The molecule has 0 radical (unpaired) electrons. The zero-order valence-electron chi connectivity index (χ0n) is 10.2. The third-order valence-electron chi connectivity index (χ3n) is 1.80. The zero-order chi connectivity index (χ0) is 12.9. The molecule has 5 heteroatoms. The maximum Gasteiger partial charge on any atom is 0.232 e. The summed E-state index contributed by atoms with van der Waals surface area (Å²) < 4.78 is 10.3. The van der Waals surface area contributed by atoms with Gasteiger partial charge in [0.2, 0.25) is 5.91 Å². The molecule has 1 amide bonds. The topological polar surface area (TPSA) is 64.6 Å². The average Bonchev–Trinajstić information content (AvgIpc) is 2.27. The highest BCUT2D eigenvalue weighted by molar-refractivity contribution is 5.78. The summed E-state index contributed by atoms with van der Waals surface area (Å²) in [7, 11) is 0. The van der Waals surface area contributed by atoms with E-state index in [0.29, 0.717) is 39.4 Å². The van der Waals surface area contributed by atoms with E-state index in [4.69, 9.17) is 15.9 Å². The Bertz CT molecular complexity index is 270. The van der Waals surface area contributed by atoms with Crippen LogP contribution in [0.4, 0.5) is 0 Å². The zero-order valence-corrected chi connectivity index (χ0v) is 10.2. The van der Waals surface area contributed by atoms with Gasteiger partial charge < -0.3 is 14.8 Å². The molecule has 0 aromatic heterocycles. The molecule has 0 saturated heterocycles. The van der Waals surface area contributed by atoms with Gasteiger partial charge in [-0.05, 0) is 6.92 Å². The molecule has 0 aliphatic carbocycles. The fourth-order valence-corrected chi connectivity index (χ4v) is 0.956. The second-order valence-electron chi connectivity index (χ2n) is 3.41. The first kappa shape index (κ1) is 15.6. The number of nitrogens with one attached hydrogen (secondary N) is 1. The van der Waals surface area contributed by atoms with Crippen molar-refractivity contribution in [1.29, 1.82) is 0 Å². The van der Waals surface area contributed by atoms with Crippen LogP contribution in [0.2, 0.25) is 0 Å². The minimum atomic E-state index is -0.172. The summed E-state index contributed by atoms with van der Waals surface area (Å²) in [6.07, 6.45) is 5.49. The minimum Gasteiger partial charge on any atom is -0.379 e. The van der Waals surface area contributed by atoms with Crippen molar-refractivity contribution < 1.29 is 19.1 Å². The van der Waals surface area contributed by atoms with Crippen LogP contribution in [0.5, 0.6) is 0 Å². The molecule has 0 unspecified atom stereocenters. The predicted octanol–water partition coefficient (Wildman–Crippen LogP) is 0.138. The van der Waals surface area contributed by atoms with E-state index in [1.165, 1.54) is 6.92 Å². The van der Waals surface area contributed by atoms with E-state index >= 15 is 0 Å². The first-order valence-corrected chi connectivity index (χ1v) is 5.52. The Morgan fingerprint density at radius 3 is 2.41 bits per heavy atom. The molecule has 0 aromatic carbocycles. The number of ether oxygens (including phenoxy) is 2. The summed E-state index contributed by atoms with van der Waals surface area (Å²) in [5.74, 6) is 2.19. The van der Waals surface area contributed by atoms with E-state index in [1.54, 1.807) is 0 Å². The molecule has 17 heavy (non-hydrogen) atoms. The maximum absolute atomic E-state index is 10.9. The van der Waals surface area contributed by atoms with Crippen LogP contribution in [0, 0.1) is 12.3 Å². The van der Waals surface area contributed by atoms with Gasteiger partial charge in [0.05, 0.1) is 32.8 Å². The Morgan fingerprint density at radius 2 is 1.82 bits per heavy atom. The number of Topliss-reactive ketones (excluding diaryl/α,β-unsaturated/α-hetero) is 1. The summed E-state index contributed by atoms with van der Waals surface area (Å²) in [5.41, 5.74) is 0. The van der Waals surface area contributed by atoms with Gasteiger partial charge in [0.1, 0.15) is 5.78 Å². The Labute approximate surface area is 102 Å². The number of terminal acetylenes is 1. The second-order valence-corrected chi connectivity index (χ2v) is 3.41. The molecule has 0 spiro atoms. The second kappa shape index (κ2) is 11.1. The Balaban J connectivity index is 3.11. The van der Waals surface area contributed by atoms with Gasteiger partial charge in [-0.2, -0.15) is 0 Å². The Kier molecular flexibility index (Phi) is 10.2. The fraction of sp³-hybridized carbons (Fsp3) is 0.667. The molecule has 96 valence electrons. The number of carbonyl (C=O) groups excluding carboxylic acids is 2. The molecule has 5 nitrogen and oxygen atoms in total. The number of rotatable bonds is 10. The standard InChI is InChI=1S/C12H19NO4/c1-3-4-12(15)13-6-8-17-10-9-16-7-5-11(2)14/h1H,4-10H2,2H3,(H,13,15). The number of ketones is 1. The number of hydrogen-bond donors (Lipinski definition) is 1. The highest BCUT2D eigenvalue weighted by atomic mass is 16.5. The quantitative estimate of drug-likeness (QED) is 0.436. The van der Waals surface area contributed by atoms with Crippen molar-refractivity contribution in [2.24, 2.45) is 0 Å². The van der Waals surface area contributed by atoms with Gasteiger partial charge in [0.15, 0.2) is 0 Å². The SMILES string of the molecule is C#CCC(=O)NCCOCCOCCC(C)=O. The van der Waals surface area contributed by atoms with Crippen LogP contribution in [0.25, 0.3) is 0 Å². The van der Waals surface area contributed by atoms with Gasteiger partial charge >= 0.3 is 0 Å². The normalized spacial score (nSPS) is 9.65. The Morgan fingerprint density at radius 1 is 1.18 bits per heavy atom. The first-order valence-electron chi connectivity index (χ1n) is 5.52. The number of hydrogen-bond acceptors (Lipinski definition) is 4. The van der Waals surface area contributed by atoms with Crippen LogP contribution in [0.15, 0.2) is 0 Å². The monoisotopic (exact) mass is 241 g/mol. The lowest BCUT2D eigenvalue weighted by Crippen LogP contribution is -2.27. The highest BCUT2D eigenvalue weighted by Gasteiger charge is 1.97. The minimum absolute atomic E-state index is 0.0914. The maximum atomic E-state index is 10.9. The van der Waals surface area contributed by atoms with Crippen molar-refractivity contribution in [3.05, 3.63) is 0 Å². The van der Waals surface area contributed by atoms with Crippen LogP contribution in [0.3, 0.4) is 0 Å². The smallest absolute Gasteiger partial charge is 0.232 e. The van der Waals surface area contributed by atoms with Crippen LogP contribution in [-0.4, -0.2) is 44.7 Å².